The summed E-state index contributed by atoms with van der Waals surface area (Å²) in [5.41, 5.74) is 0.675. The summed E-state index contributed by atoms with van der Waals surface area (Å²) in [6.45, 7) is 0. The van der Waals surface area contributed by atoms with E-state index in [0.29, 0.717) is 11.5 Å². The Labute approximate surface area is 135 Å². The molecule has 0 spiro atoms. The molecule has 0 bridgehead atoms. The molecule has 2 rings (SSSR count). The lowest BCUT2D eigenvalue weighted by atomic mass is 9.87. The van der Waals surface area contributed by atoms with Crippen LogP contribution in [-0.4, -0.2) is 17.8 Å². The van der Waals surface area contributed by atoms with E-state index in [2.05, 4.69) is 37.2 Å². The molecule has 0 heterocycles. The van der Waals surface area contributed by atoms with Gasteiger partial charge in [-0.3, -0.25) is 4.79 Å². The number of carbonyl (C=O) groups is 1. The third-order valence-electron chi connectivity index (χ3n) is 3.57. The maximum atomic E-state index is 12.2. The molecule has 1 amide bonds. The van der Waals surface area contributed by atoms with Crippen LogP contribution in [0.1, 0.15) is 36.0 Å². The molecule has 0 aromatic heterocycles. The molecule has 0 saturated heterocycles. The van der Waals surface area contributed by atoms with Gasteiger partial charge in [-0.25, -0.2) is 0 Å². The lowest BCUT2D eigenvalue weighted by molar-refractivity contribution is 0.0922. The molecule has 1 aliphatic carbocycles. The first-order valence-electron chi connectivity index (χ1n) is 6.42. The number of benzene rings is 1. The quantitative estimate of drug-likeness (QED) is 0.718. The zero-order valence-electron chi connectivity index (χ0n) is 10.5. The van der Waals surface area contributed by atoms with Gasteiger partial charge in [0.1, 0.15) is 0 Å². The van der Waals surface area contributed by atoms with E-state index in [0.717, 1.165) is 40.5 Å². The summed E-state index contributed by atoms with van der Waals surface area (Å²) in [6.07, 6.45) is 4.26. The third-order valence-corrected chi connectivity index (χ3v) is 5.19. The predicted molar refractivity (Wildman–Crippen MR) is 85.8 cm³/mol. The number of nitrogens with one attached hydrogen (secondary N) is 1. The first-order chi connectivity index (χ1) is 9.10. The van der Waals surface area contributed by atoms with Crippen LogP contribution in [0, 0.1) is 5.92 Å². The van der Waals surface area contributed by atoms with E-state index in [1.807, 2.05) is 18.2 Å². The highest BCUT2D eigenvalue weighted by Crippen LogP contribution is 2.26. The zero-order valence-corrected chi connectivity index (χ0v) is 14.4. The van der Waals surface area contributed by atoms with Gasteiger partial charge in [0.05, 0.1) is 5.56 Å². The van der Waals surface area contributed by atoms with Crippen LogP contribution in [0.15, 0.2) is 27.1 Å². The number of alkyl halides is 1. The lowest BCUT2D eigenvalue weighted by Crippen LogP contribution is -2.38. The highest BCUT2D eigenvalue weighted by Gasteiger charge is 2.22. The van der Waals surface area contributed by atoms with Crippen molar-refractivity contribution in [2.24, 2.45) is 5.92 Å². The van der Waals surface area contributed by atoms with Crippen LogP contribution in [-0.2, 0) is 0 Å². The topological polar surface area (TPSA) is 29.1 Å². The lowest BCUT2D eigenvalue weighted by Gasteiger charge is -2.28. The van der Waals surface area contributed by atoms with E-state index in [-0.39, 0.29) is 11.9 Å². The average molecular weight is 410 g/mol. The Morgan fingerprint density at radius 2 is 1.95 bits per heavy atom. The Bertz CT molecular complexity index is 459. The number of hydrogen-bond acceptors (Lipinski definition) is 1. The van der Waals surface area contributed by atoms with E-state index < -0.39 is 0 Å². The normalized spacial score (nSPS) is 23.1. The second-order valence-electron chi connectivity index (χ2n) is 4.97. The summed E-state index contributed by atoms with van der Waals surface area (Å²) >= 11 is 12.7. The van der Waals surface area contributed by atoms with Gasteiger partial charge in [0.25, 0.3) is 5.91 Å². The van der Waals surface area contributed by atoms with Gasteiger partial charge in [0.15, 0.2) is 0 Å². The molecule has 5 heteroatoms. The zero-order chi connectivity index (χ0) is 13.8. The van der Waals surface area contributed by atoms with E-state index >= 15 is 0 Å². The molecular formula is C14H16Br2ClNO. The Morgan fingerprint density at radius 1 is 1.26 bits per heavy atom. The van der Waals surface area contributed by atoms with Gasteiger partial charge in [-0.1, -0.05) is 15.9 Å². The SMILES string of the molecule is O=C(NC1CCC(CCl)CC1)c1cc(Br)ccc1Br. The number of hydrogen-bond donors (Lipinski definition) is 1. The Hall–Kier alpha value is -0.0600. The maximum Gasteiger partial charge on any atom is 0.252 e. The highest BCUT2D eigenvalue weighted by atomic mass is 79.9. The first-order valence-corrected chi connectivity index (χ1v) is 8.54. The van der Waals surface area contributed by atoms with Crippen molar-refractivity contribution in [1.82, 2.24) is 5.32 Å². The Morgan fingerprint density at radius 3 is 2.58 bits per heavy atom. The fourth-order valence-electron chi connectivity index (χ4n) is 2.40. The minimum absolute atomic E-state index is 0.0116. The minimum Gasteiger partial charge on any atom is -0.349 e. The van der Waals surface area contributed by atoms with E-state index in [1.165, 1.54) is 0 Å². The van der Waals surface area contributed by atoms with Crippen LogP contribution < -0.4 is 5.32 Å². The van der Waals surface area contributed by atoms with Gasteiger partial charge in [-0.15, -0.1) is 11.6 Å². The summed E-state index contributed by atoms with van der Waals surface area (Å²) in [4.78, 5) is 12.2. The molecule has 0 unspecified atom stereocenters. The fraction of sp³-hybridized carbons (Fsp3) is 0.500. The molecule has 104 valence electrons. The van der Waals surface area contributed by atoms with Crippen LogP contribution in [0.3, 0.4) is 0 Å². The molecule has 1 aromatic carbocycles. The number of rotatable bonds is 3. The van der Waals surface area contributed by atoms with Gasteiger partial charge >= 0.3 is 0 Å². The van der Waals surface area contributed by atoms with Crippen molar-refractivity contribution in [3.63, 3.8) is 0 Å². The second-order valence-corrected chi connectivity index (χ2v) is 7.05. The van der Waals surface area contributed by atoms with E-state index in [9.17, 15) is 4.79 Å². The van der Waals surface area contributed by atoms with Gasteiger partial charge in [0, 0.05) is 20.9 Å². The Kier molecular flexibility index (Phi) is 5.72. The molecule has 0 radical (unpaired) electrons. The summed E-state index contributed by atoms with van der Waals surface area (Å²) in [5.74, 6) is 1.34. The van der Waals surface area contributed by atoms with Crippen LogP contribution in [0.4, 0.5) is 0 Å². The van der Waals surface area contributed by atoms with Crippen LogP contribution in [0.5, 0.6) is 0 Å². The van der Waals surface area contributed by atoms with Crippen LogP contribution in [0.25, 0.3) is 0 Å². The number of carbonyl (C=O) groups excluding carboxylic acids is 1. The van der Waals surface area contributed by atoms with Crippen molar-refractivity contribution < 1.29 is 4.79 Å². The monoisotopic (exact) mass is 407 g/mol. The van der Waals surface area contributed by atoms with Gasteiger partial charge < -0.3 is 5.32 Å². The van der Waals surface area contributed by atoms with Crippen molar-refractivity contribution in [3.05, 3.63) is 32.7 Å². The van der Waals surface area contributed by atoms with Crippen molar-refractivity contribution >= 4 is 49.4 Å². The van der Waals surface area contributed by atoms with Crippen LogP contribution in [0.2, 0.25) is 0 Å². The van der Waals surface area contributed by atoms with Crippen molar-refractivity contribution in [2.45, 2.75) is 31.7 Å². The number of halogens is 3. The largest absolute Gasteiger partial charge is 0.349 e. The van der Waals surface area contributed by atoms with E-state index in [4.69, 9.17) is 11.6 Å². The molecule has 1 aromatic rings. The molecule has 2 nitrogen and oxygen atoms in total. The number of amides is 1. The van der Waals surface area contributed by atoms with Crippen LogP contribution >= 0.6 is 43.5 Å². The van der Waals surface area contributed by atoms with Crippen molar-refractivity contribution in [3.8, 4) is 0 Å². The minimum atomic E-state index is -0.0116. The summed E-state index contributed by atoms with van der Waals surface area (Å²) in [5, 5.41) is 3.11. The molecule has 0 aliphatic heterocycles. The van der Waals surface area contributed by atoms with Gasteiger partial charge in [-0.05, 0) is 65.7 Å². The molecule has 1 fully saturated rings. The maximum absolute atomic E-state index is 12.2. The summed E-state index contributed by atoms with van der Waals surface area (Å²) < 4.78 is 1.73. The second kappa shape index (κ2) is 7.09. The van der Waals surface area contributed by atoms with Gasteiger partial charge in [-0.2, -0.15) is 0 Å². The molecular weight excluding hydrogens is 393 g/mol. The summed E-state index contributed by atoms with van der Waals surface area (Å²) in [7, 11) is 0. The van der Waals surface area contributed by atoms with E-state index in [1.54, 1.807) is 0 Å². The first kappa shape index (κ1) is 15.3. The van der Waals surface area contributed by atoms with Gasteiger partial charge in [0.2, 0.25) is 0 Å². The molecule has 19 heavy (non-hydrogen) atoms. The molecule has 1 saturated carbocycles. The third kappa shape index (κ3) is 4.20. The predicted octanol–water partition coefficient (Wildman–Crippen LogP) is 4.74. The smallest absolute Gasteiger partial charge is 0.252 e. The average Bonchev–Trinajstić information content (AvgIpc) is 2.42. The molecule has 1 N–H and O–H groups in total. The van der Waals surface area contributed by atoms with Crippen molar-refractivity contribution in [2.75, 3.05) is 5.88 Å². The standard InChI is InChI=1S/C14H16Br2ClNO/c15-10-3-6-13(16)12(7-10)14(19)18-11-4-1-9(8-17)2-5-11/h3,6-7,9,11H,1-2,4-5,8H2,(H,18,19). The molecule has 1 aliphatic rings. The highest BCUT2D eigenvalue weighted by molar-refractivity contribution is 9.11. The molecule has 0 atom stereocenters. The fourth-order valence-corrected chi connectivity index (χ4v) is 3.49. The van der Waals surface area contributed by atoms with Crippen molar-refractivity contribution in [1.29, 1.82) is 0 Å². The Balaban J connectivity index is 1.96. The summed E-state index contributed by atoms with van der Waals surface area (Å²) in [6, 6.07) is 5.90.